The van der Waals surface area contributed by atoms with Gasteiger partial charge in [-0.05, 0) is 0 Å². The minimum absolute atomic E-state index is 0.235. The van der Waals surface area contributed by atoms with Gasteiger partial charge in [-0.25, -0.2) is 0 Å². The van der Waals surface area contributed by atoms with E-state index >= 15 is 0 Å². The summed E-state index contributed by atoms with van der Waals surface area (Å²) in [5.74, 6) is 0. The molecule has 8 heavy (non-hydrogen) atoms. The van der Waals surface area contributed by atoms with Crippen molar-refractivity contribution < 1.29 is 21.2 Å². The molecule has 0 unspecified atom stereocenters. The normalized spacial score (nSPS) is 12.5. The van der Waals surface area contributed by atoms with Crippen LogP contribution in [0.4, 0.5) is 0 Å². The molecule has 0 heterocycles. The maximum atomic E-state index is 5.94. The minimum atomic E-state index is 0.235. The first-order valence-electron chi connectivity index (χ1n) is 2.98. The molecule has 0 spiro atoms. The Balaban J connectivity index is 3.58. The molecule has 0 aliphatic rings. The van der Waals surface area contributed by atoms with Gasteiger partial charge >= 0.3 is 62.1 Å². The monoisotopic (exact) mass is 228 g/mol. The zero-order valence-corrected chi connectivity index (χ0v) is 8.03. The molecule has 0 atom stereocenters. The Labute approximate surface area is 62.3 Å². The van der Waals surface area contributed by atoms with Crippen LogP contribution < -0.4 is 26.9 Å². The SMILES string of the molecule is CCC(N)(CC)[I-]C. The second-order valence-corrected chi connectivity index (χ2v) is 5.16. The molecule has 0 aromatic rings. The van der Waals surface area contributed by atoms with E-state index < -0.39 is 0 Å². The van der Waals surface area contributed by atoms with Gasteiger partial charge in [-0.15, -0.1) is 0 Å². The van der Waals surface area contributed by atoms with Crippen molar-refractivity contribution in [3.8, 4) is 0 Å². The molecular weight excluding hydrogens is 213 g/mol. The van der Waals surface area contributed by atoms with Gasteiger partial charge in [-0.1, -0.05) is 0 Å². The Kier molecular flexibility index (Phi) is 3.98. The quantitative estimate of drug-likeness (QED) is 0.343. The van der Waals surface area contributed by atoms with Crippen LogP contribution in [0, 0.1) is 0 Å². The van der Waals surface area contributed by atoms with Gasteiger partial charge in [0, 0.05) is 0 Å². The van der Waals surface area contributed by atoms with Crippen molar-refractivity contribution in [2.45, 2.75) is 30.2 Å². The fraction of sp³-hybridized carbons (Fsp3) is 1.00. The predicted molar refractivity (Wildman–Crippen MR) is 33.4 cm³/mol. The van der Waals surface area contributed by atoms with Crippen LogP contribution in [0.5, 0.6) is 0 Å². The topological polar surface area (TPSA) is 26.0 Å². The van der Waals surface area contributed by atoms with E-state index in [4.69, 9.17) is 5.73 Å². The molecule has 2 N–H and O–H groups in total. The third kappa shape index (κ3) is 2.31. The Morgan fingerprint density at radius 2 is 1.75 bits per heavy atom. The summed E-state index contributed by atoms with van der Waals surface area (Å²) in [7, 11) is 0. The van der Waals surface area contributed by atoms with Gasteiger partial charge in [0.25, 0.3) is 0 Å². The van der Waals surface area contributed by atoms with E-state index in [-0.39, 0.29) is 24.8 Å². The number of halogens is 1. The zero-order chi connectivity index (χ0) is 6.62. The summed E-state index contributed by atoms with van der Waals surface area (Å²) in [4.78, 5) is 2.26. The average Bonchev–Trinajstić information content (AvgIpc) is 1.87. The Morgan fingerprint density at radius 3 is 1.75 bits per heavy atom. The third-order valence-electron chi connectivity index (χ3n) is 1.55. The van der Waals surface area contributed by atoms with E-state index in [1.165, 1.54) is 0 Å². The summed E-state index contributed by atoms with van der Waals surface area (Å²) >= 11 is 0.236. The molecule has 0 saturated heterocycles. The molecule has 0 amide bonds. The van der Waals surface area contributed by atoms with Crippen molar-refractivity contribution >= 4 is 0 Å². The number of hydrogen-bond acceptors (Lipinski definition) is 1. The van der Waals surface area contributed by atoms with Crippen LogP contribution in [0.3, 0.4) is 0 Å². The Morgan fingerprint density at radius 1 is 1.38 bits per heavy atom. The van der Waals surface area contributed by atoms with Crippen molar-refractivity contribution in [1.29, 1.82) is 0 Å². The van der Waals surface area contributed by atoms with Crippen molar-refractivity contribution in [3.63, 3.8) is 0 Å². The second kappa shape index (κ2) is 3.67. The molecule has 0 saturated carbocycles. The molecule has 0 bridgehead atoms. The molecule has 0 aromatic heterocycles. The fourth-order valence-corrected chi connectivity index (χ4v) is 2.04. The zero-order valence-electron chi connectivity index (χ0n) is 5.87. The van der Waals surface area contributed by atoms with E-state index in [0.29, 0.717) is 0 Å². The van der Waals surface area contributed by atoms with Crippen LogP contribution in [-0.2, 0) is 0 Å². The molecule has 1 nitrogen and oxygen atoms in total. The Hall–Kier alpha value is 0.690. The van der Waals surface area contributed by atoms with E-state index in [1.807, 2.05) is 0 Å². The van der Waals surface area contributed by atoms with Crippen molar-refractivity contribution in [3.05, 3.63) is 0 Å². The summed E-state index contributed by atoms with van der Waals surface area (Å²) < 4.78 is 0.235. The number of hydrogen-bond donors (Lipinski definition) is 1. The van der Waals surface area contributed by atoms with Crippen LogP contribution in [0.15, 0.2) is 0 Å². The maximum absolute atomic E-state index is 5.94. The van der Waals surface area contributed by atoms with Crippen molar-refractivity contribution in [1.82, 2.24) is 0 Å². The van der Waals surface area contributed by atoms with Crippen LogP contribution >= 0.6 is 0 Å². The van der Waals surface area contributed by atoms with Crippen LogP contribution in [0.1, 0.15) is 26.7 Å². The van der Waals surface area contributed by atoms with Crippen LogP contribution in [0.25, 0.3) is 0 Å². The molecular formula is C6H15IN-. The summed E-state index contributed by atoms with van der Waals surface area (Å²) in [5.41, 5.74) is 5.94. The first kappa shape index (κ1) is 8.69. The summed E-state index contributed by atoms with van der Waals surface area (Å²) in [5, 5.41) is 0. The van der Waals surface area contributed by atoms with Gasteiger partial charge in [0.1, 0.15) is 0 Å². The van der Waals surface area contributed by atoms with Gasteiger partial charge in [0.2, 0.25) is 0 Å². The van der Waals surface area contributed by atoms with E-state index in [0.717, 1.165) is 12.8 Å². The summed E-state index contributed by atoms with van der Waals surface area (Å²) in [6.07, 6.45) is 2.29. The fourth-order valence-electron chi connectivity index (χ4n) is 0.517. The van der Waals surface area contributed by atoms with Crippen molar-refractivity contribution in [2.24, 2.45) is 5.73 Å². The first-order chi connectivity index (χ1) is 3.68. The van der Waals surface area contributed by atoms with Crippen molar-refractivity contribution in [2.75, 3.05) is 4.93 Å². The number of nitrogens with two attached hydrogens (primary N) is 1. The standard InChI is InChI=1S/C6H15IN/c1-4-6(8,5-2)7-3/h4-5,8H2,1-3H3/q-1. The number of rotatable bonds is 3. The van der Waals surface area contributed by atoms with E-state index in [2.05, 4.69) is 18.8 Å². The average molecular weight is 228 g/mol. The molecule has 0 rings (SSSR count). The van der Waals surface area contributed by atoms with Crippen LogP contribution in [0.2, 0.25) is 0 Å². The van der Waals surface area contributed by atoms with Gasteiger partial charge in [-0.3, -0.25) is 0 Å². The second-order valence-electron chi connectivity index (χ2n) is 1.93. The number of alkyl halides is 2. The summed E-state index contributed by atoms with van der Waals surface area (Å²) in [6, 6.07) is 0. The van der Waals surface area contributed by atoms with Gasteiger partial charge in [-0.2, -0.15) is 0 Å². The predicted octanol–water partition coefficient (Wildman–Crippen LogP) is -1.82. The first-order valence-corrected chi connectivity index (χ1v) is 6.21. The molecule has 0 fully saturated rings. The Bertz CT molecular complexity index is 51.3. The third-order valence-corrected chi connectivity index (χ3v) is 5.23. The molecule has 52 valence electrons. The van der Waals surface area contributed by atoms with Gasteiger partial charge < -0.3 is 0 Å². The molecule has 0 aliphatic carbocycles. The van der Waals surface area contributed by atoms with Gasteiger partial charge in [0.05, 0.1) is 0 Å². The van der Waals surface area contributed by atoms with E-state index in [9.17, 15) is 0 Å². The van der Waals surface area contributed by atoms with Crippen LogP contribution in [-0.4, -0.2) is 8.48 Å². The molecule has 0 aromatic carbocycles. The summed E-state index contributed by atoms with van der Waals surface area (Å²) in [6.45, 7) is 4.35. The van der Waals surface area contributed by atoms with Gasteiger partial charge in [0.15, 0.2) is 0 Å². The molecule has 0 radical (unpaired) electrons. The molecule has 2 heteroatoms. The molecule has 0 aliphatic heterocycles. The van der Waals surface area contributed by atoms with E-state index in [1.54, 1.807) is 0 Å².